The third kappa shape index (κ3) is 4.80. The molecule has 1 aromatic carbocycles. The summed E-state index contributed by atoms with van der Waals surface area (Å²) in [6.45, 7) is 2.24. The molecule has 6 nitrogen and oxygen atoms in total. The summed E-state index contributed by atoms with van der Waals surface area (Å²) in [6, 6.07) is 2.08. The van der Waals surface area contributed by atoms with E-state index in [1.807, 2.05) is 0 Å². The maximum atomic E-state index is 14.4. The minimum Gasteiger partial charge on any atom is -0.472 e. The average Bonchev–Trinajstić information content (AvgIpc) is 3.58. The molecule has 3 aliphatic rings. The van der Waals surface area contributed by atoms with Crippen LogP contribution in [0.5, 0.6) is 5.88 Å². The van der Waals surface area contributed by atoms with Gasteiger partial charge in [0.2, 0.25) is 5.88 Å². The Bertz CT molecular complexity index is 1030. The van der Waals surface area contributed by atoms with Gasteiger partial charge in [-0.3, -0.25) is 14.7 Å². The van der Waals surface area contributed by atoms with Gasteiger partial charge in [-0.25, -0.2) is 9.37 Å². The Morgan fingerprint density at radius 1 is 1.09 bits per heavy atom. The molecule has 2 unspecified atom stereocenters. The molecule has 10 heteroatoms. The van der Waals surface area contributed by atoms with Gasteiger partial charge in [-0.15, -0.1) is 0 Å². The minimum atomic E-state index is -4.66. The highest BCUT2D eigenvalue weighted by Crippen LogP contribution is 2.38. The van der Waals surface area contributed by atoms with Crippen LogP contribution >= 0.6 is 0 Å². The fraction of sp³-hybridized carbons (Fsp3) is 0.522. The molecule has 3 fully saturated rings. The highest BCUT2D eigenvalue weighted by atomic mass is 19.4. The maximum Gasteiger partial charge on any atom is 0.416 e. The molecule has 0 N–H and O–H groups in total. The summed E-state index contributed by atoms with van der Waals surface area (Å²) < 4.78 is 58.8. The number of benzene rings is 1. The van der Waals surface area contributed by atoms with Crippen LogP contribution in [0.4, 0.5) is 17.6 Å². The first-order valence-electron chi connectivity index (χ1n) is 11.2. The van der Waals surface area contributed by atoms with E-state index < -0.39 is 23.5 Å². The molecule has 1 aliphatic carbocycles. The Hall–Kier alpha value is -2.75. The van der Waals surface area contributed by atoms with E-state index in [0.29, 0.717) is 50.3 Å². The van der Waals surface area contributed by atoms with E-state index in [0.717, 1.165) is 37.2 Å². The molecular weight excluding hydrogens is 440 g/mol. The molecular formula is C23H24F4N4O2. The van der Waals surface area contributed by atoms with Gasteiger partial charge in [0.05, 0.1) is 29.2 Å². The van der Waals surface area contributed by atoms with Crippen LogP contribution in [0.3, 0.4) is 0 Å². The van der Waals surface area contributed by atoms with Gasteiger partial charge in [0, 0.05) is 44.6 Å². The number of ether oxygens (including phenoxy) is 1. The smallest absolute Gasteiger partial charge is 0.416 e. The van der Waals surface area contributed by atoms with E-state index in [1.165, 1.54) is 4.90 Å². The fourth-order valence-corrected chi connectivity index (χ4v) is 4.66. The maximum absolute atomic E-state index is 14.4. The van der Waals surface area contributed by atoms with Crippen molar-refractivity contribution < 1.29 is 27.1 Å². The first kappa shape index (κ1) is 22.1. The van der Waals surface area contributed by atoms with E-state index >= 15 is 0 Å². The van der Waals surface area contributed by atoms with Crippen LogP contribution in [0, 0.1) is 5.82 Å². The highest BCUT2D eigenvalue weighted by Gasteiger charge is 2.38. The van der Waals surface area contributed by atoms with Crippen LogP contribution in [0.15, 0.2) is 30.6 Å². The lowest BCUT2D eigenvalue weighted by atomic mass is 10.1. The lowest BCUT2D eigenvalue weighted by Crippen LogP contribution is -2.40. The van der Waals surface area contributed by atoms with Crippen LogP contribution in [-0.2, 0) is 6.18 Å². The SMILES string of the molecule is O=C(c1ccc(C(F)(F)F)cc1F)N1CCCN2CC(Oc3cnc(C4CC4)cn3)CC2C1. The van der Waals surface area contributed by atoms with Crippen LogP contribution in [-0.4, -0.2) is 64.0 Å². The number of rotatable bonds is 4. The van der Waals surface area contributed by atoms with Gasteiger partial charge in [-0.2, -0.15) is 13.2 Å². The summed E-state index contributed by atoms with van der Waals surface area (Å²) in [7, 11) is 0. The second-order valence-electron chi connectivity index (χ2n) is 8.98. The second-order valence-corrected chi connectivity index (χ2v) is 8.98. The molecule has 2 aromatic rings. The summed E-state index contributed by atoms with van der Waals surface area (Å²) >= 11 is 0. The van der Waals surface area contributed by atoms with Gasteiger partial charge in [-0.05, 0) is 37.5 Å². The van der Waals surface area contributed by atoms with Crippen molar-refractivity contribution in [3.63, 3.8) is 0 Å². The summed E-state index contributed by atoms with van der Waals surface area (Å²) in [5.41, 5.74) is -0.455. The third-order valence-electron chi connectivity index (χ3n) is 6.54. The lowest BCUT2D eigenvalue weighted by Gasteiger charge is -2.25. The number of hydrogen-bond donors (Lipinski definition) is 0. The molecule has 33 heavy (non-hydrogen) atoms. The van der Waals surface area contributed by atoms with Crippen molar-refractivity contribution in [1.82, 2.24) is 19.8 Å². The number of fused-ring (bicyclic) bond motifs is 1. The molecule has 2 aliphatic heterocycles. The second kappa shape index (κ2) is 8.55. The Labute approximate surface area is 188 Å². The molecule has 1 aromatic heterocycles. The topological polar surface area (TPSA) is 58.6 Å². The van der Waals surface area contributed by atoms with Crippen molar-refractivity contribution in [2.45, 2.75) is 49.9 Å². The first-order chi connectivity index (χ1) is 15.8. The molecule has 1 saturated carbocycles. The number of halogens is 4. The van der Waals surface area contributed by atoms with E-state index in [9.17, 15) is 22.4 Å². The van der Waals surface area contributed by atoms with Crippen molar-refractivity contribution >= 4 is 5.91 Å². The molecule has 0 radical (unpaired) electrons. The Morgan fingerprint density at radius 2 is 1.91 bits per heavy atom. The zero-order valence-electron chi connectivity index (χ0n) is 17.9. The van der Waals surface area contributed by atoms with Crippen LogP contribution < -0.4 is 4.74 Å². The van der Waals surface area contributed by atoms with Crippen molar-refractivity contribution in [2.75, 3.05) is 26.2 Å². The number of aromatic nitrogens is 2. The normalized spacial score (nSPS) is 23.8. The lowest BCUT2D eigenvalue weighted by molar-refractivity contribution is -0.137. The van der Waals surface area contributed by atoms with Crippen molar-refractivity contribution in [3.05, 3.63) is 53.2 Å². The fourth-order valence-electron chi connectivity index (χ4n) is 4.66. The number of nitrogens with zero attached hydrogens (tertiary/aromatic N) is 4. The molecule has 176 valence electrons. The van der Waals surface area contributed by atoms with Crippen LogP contribution in [0.1, 0.15) is 53.2 Å². The number of hydrogen-bond acceptors (Lipinski definition) is 5. The number of carbonyl (C=O) groups excluding carboxylic acids is 1. The van der Waals surface area contributed by atoms with E-state index in [4.69, 9.17) is 4.74 Å². The highest BCUT2D eigenvalue weighted by molar-refractivity contribution is 5.94. The molecule has 0 spiro atoms. The monoisotopic (exact) mass is 464 g/mol. The van der Waals surface area contributed by atoms with Gasteiger partial charge >= 0.3 is 6.18 Å². The molecule has 3 heterocycles. The van der Waals surface area contributed by atoms with Crippen molar-refractivity contribution in [2.24, 2.45) is 0 Å². The average molecular weight is 464 g/mol. The first-order valence-corrected chi connectivity index (χ1v) is 11.2. The van der Waals surface area contributed by atoms with E-state index in [-0.39, 0.29) is 17.7 Å². The number of alkyl halides is 3. The zero-order valence-corrected chi connectivity index (χ0v) is 17.9. The van der Waals surface area contributed by atoms with Gasteiger partial charge in [0.25, 0.3) is 5.91 Å². The minimum absolute atomic E-state index is 0.0256. The van der Waals surface area contributed by atoms with E-state index in [2.05, 4.69) is 14.9 Å². The van der Waals surface area contributed by atoms with Crippen LogP contribution in [0.25, 0.3) is 0 Å². The van der Waals surface area contributed by atoms with E-state index in [1.54, 1.807) is 12.4 Å². The predicted octanol–water partition coefficient (Wildman–Crippen LogP) is 3.88. The largest absolute Gasteiger partial charge is 0.472 e. The number of carbonyl (C=O) groups is 1. The quantitative estimate of drug-likeness (QED) is 0.643. The van der Waals surface area contributed by atoms with Crippen molar-refractivity contribution in [1.29, 1.82) is 0 Å². The summed E-state index contributed by atoms with van der Waals surface area (Å²) in [6.07, 6.45) is 2.32. The molecule has 2 saturated heterocycles. The summed E-state index contributed by atoms with van der Waals surface area (Å²) in [5.74, 6) is -0.749. The predicted molar refractivity (Wildman–Crippen MR) is 110 cm³/mol. The van der Waals surface area contributed by atoms with Gasteiger partial charge in [0.15, 0.2) is 0 Å². The summed E-state index contributed by atoms with van der Waals surface area (Å²) in [4.78, 5) is 25.5. The Balaban J connectivity index is 1.23. The molecule has 5 rings (SSSR count). The van der Waals surface area contributed by atoms with Crippen LogP contribution in [0.2, 0.25) is 0 Å². The number of amides is 1. The summed E-state index contributed by atoms with van der Waals surface area (Å²) in [5, 5.41) is 0. The molecule has 2 atom stereocenters. The standard InChI is InChI=1S/C23H24F4N4O2/c24-19-8-15(23(25,26)27)4-5-18(19)22(32)31-7-1-6-30-13-17(9-16(30)12-31)33-21-11-28-20(10-29-21)14-2-3-14/h4-5,8,10-11,14,16-17H,1-3,6-7,9,12-13H2. The Kier molecular flexibility index (Phi) is 5.72. The van der Waals surface area contributed by atoms with Gasteiger partial charge in [-0.1, -0.05) is 0 Å². The van der Waals surface area contributed by atoms with Gasteiger partial charge in [0.1, 0.15) is 11.9 Å². The molecule has 0 bridgehead atoms. The van der Waals surface area contributed by atoms with Gasteiger partial charge < -0.3 is 9.64 Å². The zero-order chi connectivity index (χ0) is 23.2. The van der Waals surface area contributed by atoms with Crippen molar-refractivity contribution in [3.8, 4) is 5.88 Å². The third-order valence-corrected chi connectivity index (χ3v) is 6.54. The molecule has 1 amide bonds. The Morgan fingerprint density at radius 3 is 2.58 bits per heavy atom.